The van der Waals surface area contributed by atoms with Gasteiger partial charge in [0, 0.05) is 5.41 Å². The summed E-state index contributed by atoms with van der Waals surface area (Å²) in [6.45, 7) is 8.26. The van der Waals surface area contributed by atoms with E-state index < -0.39 is 18.1 Å². The Labute approximate surface area is 175 Å². The van der Waals surface area contributed by atoms with Crippen LogP contribution < -0.4 is 10.6 Å². The van der Waals surface area contributed by atoms with Crippen molar-refractivity contribution < 1.29 is 14.7 Å². The Kier molecular flexibility index (Phi) is 8.28. The smallest absolute Gasteiger partial charge is 0.254 e. The van der Waals surface area contributed by atoms with Gasteiger partial charge in [0.05, 0.1) is 0 Å². The van der Waals surface area contributed by atoms with Crippen LogP contribution in [-0.4, -0.2) is 33.2 Å². The van der Waals surface area contributed by atoms with Gasteiger partial charge in [-0.3, -0.25) is 14.9 Å². The van der Waals surface area contributed by atoms with E-state index in [1.165, 1.54) is 11.3 Å². The molecule has 2 unspecified atom stereocenters. The number of aliphatic hydroxyl groups is 1. The summed E-state index contributed by atoms with van der Waals surface area (Å²) < 4.78 is 0. The molecule has 1 aromatic carbocycles. The highest BCUT2D eigenvalue weighted by molar-refractivity contribution is 7.15. The van der Waals surface area contributed by atoms with E-state index in [0.717, 1.165) is 17.8 Å². The molecule has 158 valence electrons. The van der Waals surface area contributed by atoms with Gasteiger partial charge in [0.15, 0.2) is 6.10 Å². The lowest BCUT2D eigenvalue weighted by molar-refractivity contribution is -0.133. The van der Waals surface area contributed by atoms with Gasteiger partial charge in [-0.05, 0) is 18.4 Å². The number of rotatable bonds is 10. The number of aliphatic hydroxyl groups excluding tert-OH is 1. The number of hydrogen-bond acceptors (Lipinski definition) is 6. The third kappa shape index (κ3) is 6.33. The highest BCUT2D eigenvalue weighted by Crippen LogP contribution is 2.32. The molecular formula is C21H30N4O3S. The minimum Gasteiger partial charge on any atom is -0.378 e. The van der Waals surface area contributed by atoms with Crippen molar-refractivity contribution in [2.75, 3.05) is 5.32 Å². The van der Waals surface area contributed by atoms with Crippen LogP contribution >= 0.6 is 11.3 Å². The largest absolute Gasteiger partial charge is 0.378 e. The molecule has 1 aromatic heterocycles. The third-order valence-electron chi connectivity index (χ3n) is 4.68. The minimum absolute atomic E-state index is 0.105. The SMILES string of the molecule is CCCC(NC(=O)C(O)c1ccccc1)C(=O)Nc1nnc(C(C)(C)CCC)s1. The molecule has 0 saturated carbocycles. The van der Waals surface area contributed by atoms with E-state index in [0.29, 0.717) is 23.5 Å². The van der Waals surface area contributed by atoms with Crippen molar-refractivity contribution in [2.24, 2.45) is 0 Å². The van der Waals surface area contributed by atoms with Gasteiger partial charge >= 0.3 is 0 Å². The average Bonchev–Trinajstić information content (AvgIpc) is 3.17. The quantitative estimate of drug-likeness (QED) is 0.547. The lowest BCUT2D eigenvalue weighted by atomic mass is 9.89. The second-order valence-electron chi connectivity index (χ2n) is 7.70. The lowest BCUT2D eigenvalue weighted by Gasteiger charge is -2.20. The maximum absolute atomic E-state index is 12.7. The Bertz CT molecular complexity index is 807. The number of nitrogens with one attached hydrogen (secondary N) is 2. The first kappa shape index (κ1) is 23.0. The predicted molar refractivity (Wildman–Crippen MR) is 115 cm³/mol. The van der Waals surface area contributed by atoms with Crippen LogP contribution in [0.4, 0.5) is 5.13 Å². The normalized spacial score (nSPS) is 13.6. The molecule has 0 fully saturated rings. The summed E-state index contributed by atoms with van der Waals surface area (Å²) in [5.74, 6) is -0.969. The zero-order valence-corrected chi connectivity index (χ0v) is 18.3. The van der Waals surface area contributed by atoms with Gasteiger partial charge in [0.1, 0.15) is 11.0 Å². The Balaban J connectivity index is 2.04. The van der Waals surface area contributed by atoms with Crippen LogP contribution in [0.15, 0.2) is 30.3 Å². The fourth-order valence-electron chi connectivity index (χ4n) is 3.07. The summed E-state index contributed by atoms with van der Waals surface area (Å²) in [6, 6.07) is 7.87. The number of hydrogen-bond donors (Lipinski definition) is 3. The van der Waals surface area contributed by atoms with E-state index in [-0.39, 0.29) is 11.3 Å². The fraction of sp³-hybridized carbons (Fsp3) is 0.524. The molecule has 7 nitrogen and oxygen atoms in total. The van der Waals surface area contributed by atoms with Crippen molar-refractivity contribution in [1.82, 2.24) is 15.5 Å². The standard InChI is InChI=1S/C21H30N4O3S/c1-5-10-15(22-18(28)16(26)14-11-8-7-9-12-14)17(27)23-20-25-24-19(29-20)21(3,4)13-6-2/h7-9,11-12,15-16,26H,5-6,10,13H2,1-4H3,(H,22,28)(H,23,25,27). The van der Waals surface area contributed by atoms with E-state index in [4.69, 9.17) is 0 Å². The third-order valence-corrected chi connectivity index (χ3v) is 5.89. The van der Waals surface area contributed by atoms with Crippen LogP contribution in [0.25, 0.3) is 0 Å². The minimum atomic E-state index is -1.33. The topological polar surface area (TPSA) is 104 Å². The van der Waals surface area contributed by atoms with Crippen LogP contribution in [0.5, 0.6) is 0 Å². The number of carbonyl (C=O) groups excluding carboxylic acids is 2. The highest BCUT2D eigenvalue weighted by atomic mass is 32.1. The maximum atomic E-state index is 12.7. The molecule has 0 radical (unpaired) electrons. The number of carbonyl (C=O) groups is 2. The fourth-order valence-corrected chi connectivity index (χ4v) is 3.94. The van der Waals surface area contributed by atoms with Crippen molar-refractivity contribution in [3.8, 4) is 0 Å². The first-order chi connectivity index (χ1) is 13.8. The summed E-state index contributed by atoms with van der Waals surface area (Å²) >= 11 is 1.35. The van der Waals surface area contributed by atoms with Crippen molar-refractivity contribution in [3.05, 3.63) is 40.9 Å². The Morgan fingerprint density at radius 2 is 1.79 bits per heavy atom. The molecule has 2 amide bonds. The zero-order valence-electron chi connectivity index (χ0n) is 17.4. The number of amides is 2. The summed E-state index contributed by atoms with van der Waals surface area (Å²) in [5, 5.41) is 25.2. The molecule has 2 aromatic rings. The molecule has 2 rings (SSSR count). The van der Waals surface area contributed by atoms with Gasteiger partial charge in [0.25, 0.3) is 5.91 Å². The first-order valence-corrected chi connectivity index (χ1v) is 10.8. The molecule has 1 heterocycles. The zero-order chi connectivity index (χ0) is 21.4. The number of nitrogens with zero attached hydrogens (tertiary/aromatic N) is 2. The summed E-state index contributed by atoms with van der Waals surface area (Å²) in [4.78, 5) is 25.1. The first-order valence-electron chi connectivity index (χ1n) is 9.96. The van der Waals surface area contributed by atoms with E-state index in [9.17, 15) is 14.7 Å². The van der Waals surface area contributed by atoms with E-state index in [2.05, 4.69) is 41.6 Å². The highest BCUT2D eigenvalue weighted by Gasteiger charge is 2.27. The molecule has 0 aliphatic rings. The van der Waals surface area contributed by atoms with Crippen LogP contribution in [0, 0.1) is 0 Å². The average molecular weight is 419 g/mol. The monoisotopic (exact) mass is 418 g/mol. The van der Waals surface area contributed by atoms with Crippen molar-refractivity contribution in [3.63, 3.8) is 0 Å². The maximum Gasteiger partial charge on any atom is 0.254 e. The van der Waals surface area contributed by atoms with Gasteiger partial charge < -0.3 is 10.4 Å². The van der Waals surface area contributed by atoms with Crippen molar-refractivity contribution >= 4 is 28.3 Å². The molecule has 8 heteroatoms. The molecule has 0 spiro atoms. The second-order valence-corrected chi connectivity index (χ2v) is 8.68. The second kappa shape index (κ2) is 10.5. The molecule has 29 heavy (non-hydrogen) atoms. The number of benzene rings is 1. The van der Waals surface area contributed by atoms with E-state index >= 15 is 0 Å². The molecule has 0 aliphatic heterocycles. The van der Waals surface area contributed by atoms with Crippen LogP contribution in [-0.2, 0) is 15.0 Å². The van der Waals surface area contributed by atoms with Crippen LogP contribution in [0.1, 0.15) is 70.1 Å². The molecular weight excluding hydrogens is 388 g/mol. The summed E-state index contributed by atoms with van der Waals surface area (Å²) in [5.41, 5.74) is 0.374. The van der Waals surface area contributed by atoms with E-state index in [1.54, 1.807) is 30.3 Å². The summed E-state index contributed by atoms with van der Waals surface area (Å²) in [7, 11) is 0. The van der Waals surface area contributed by atoms with Gasteiger partial charge in [-0.15, -0.1) is 10.2 Å². The van der Waals surface area contributed by atoms with Crippen LogP contribution in [0.3, 0.4) is 0 Å². The molecule has 2 atom stereocenters. The molecule has 0 bridgehead atoms. The molecule has 0 aliphatic carbocycles. The van der Waals surface area contributed by atoms with Gasteiger partial charge in [0.2, 0.25) is 11.0 Å². The van der Waals surface area contributed by atoms with Gasteiger partial charge in [-0.2, -0.15) is 0 Å². The predicted octanol–water partition coefficient (Wildman–Crippen LogP) is 3.57. The Morgan fingerprint density at radius 3 is 2.41 bits per heavy atom. The van der Waals surface area contributed by atoms with Crippen molar-refractivity contribution in [1.29, 1.82) is 0 Å². The lowest BCUT2D eigenvalue weighted by Crippen LogP contribution is -2.45. The van der Waals surface area contributed by atoms with Gasteiger partial charge in [-0.1, -0.05) is 82.2 Å². The Morgan fingerprint density at radius 1 is 1.10 bits per heavy atom. The number of aromatic nitrogens is 2. The van der Waals surface area contributed by atoms with Crippen molar-refractivity contribution in [2.45, 2.75) is 70.9 Å². The molecule has 0 saturated heterocycles. The molecule has 3 N–H and O–H groups in total. The number of anilines is 1. The Hall–Kier alpha value is -2.32. The van der Waals surface area contributed by atoms with Crippen LogP contribution in [0.2, 0.25) is 0 Å². The van der Waals surface area contributed by atoms with E-state index in [1.807, 2.05) is 6.92 Å². The summed E-state index contributed by atoms with van der Waals surface area (Å²) in [6.07, 6.45) is 1.83. The van der Waals surface area contributed by atoms with Gasteiger partial charge in [-0.25, -0.2) is 0 Å².